The Kier molecular flexibility index (Phi) is 7.20. The molecule has 9 heteroatoms. The van der Waals surface area contributed by atoms with Crippen molar-refractivity contribution in [3.8, 4) is 11.4 Å². The molecule has 1 aromatic heterocycles. The van der Waals surface area contributed by atoms with Crippen LogP contribution in [0.2, 0.25) is 0 Å². The zero-order chi connectivity index (χ0) is 23.3. The van der Waals surface area contributed by atoms with Crippen molar-refractivity contribution in [1.82, 2.24) is 19.8 Å². The third-order valence-electron chi connectivity index (χ3n) is 5.87. The monoisotopic (exact) mass is 468 g/mol. The van der Waals surface area contributed by atoms with Crippen molar-refractivity contribution >= 4 is 15.9 Å². The summed E-state index contributed by atoms with van der Waals surface area (Å²) in [7, 11) is -3.53. The number of amides is 1. The lowest BCUT2D eigenvalue weighted by molar-refractivity contribution is 0.0908. The Morgan fingerprint density at radius 3 is 2.36 bits per heavy atom. The number of carbonyl (C=O) groups excluding carboxylic acids is 1. The van der Waals surface area contributed by atoms with E-state index in [1.54, 1.807) is 28.6 Å². The topological polar surface area (TPSA) is 105 Å². The summed E-state index contributed by atoms with van der Waals surface area (Å²) in [6.45, 7) is 3.56. The van der Waals surface area contributed by atoms with E-state index >= 15 is 0 Å². The molecule has 1 N–H and O–H groups in total. The Morgan fingerprint density at radius 1 is 1.03 bits per heavy atom. The van der Waals surface area contributed by atoms with Crippen molar-refractivity contribution in [3.63, 3.8) is 0 Å². The van der Waals surface area contributed by atoms with Crippen LogP contribution in [-0.4, -0.2) is 48.4 Å². The maximum absolute atomic E-state index is 12.9. The van der Waals surface area contributed by atoms with Gasteiger partial charge in [-0.15, -0.1) is 0 Å². The highest BCUT2D eigenvalue weighted by atomic mass is 32.2. The van der Waals surface area contributed by atoms with Gasteiger partial charge in [0, 0.05) is 25.2 Å². The summed E-state index contributed by atoms with van der Waals surface area (Å²) < 4.78 is 32.6. The van der Waals surface area contributed by atoms with Gasteiger partial charge in [-0.1, -0.05) is 55.3 Å². The van der Waals surface area contributed by atoms with E-state index in [0.29, 0.717) is 25.2 Å². The largest absolute Gasteiger partial charge is 0.347 e. The number of aromatic nitrogens is 2. The van der Waals surface area contributed by atoms with Crippen molar-refractivity contribution in [3.05, 3.63) is 66.1 Å². The van der Waals surface area contributed by atoms with Gasteiger partial charge in [0.25, 0.3) is 0 Å². The Hall–Kier alpha value is -3.04. The fourth-order valence-electron chi connectivity index (χ4n) is 3.86. The molecule has 4 rings (SSSR count). The number of nitrogens with zero attached hydrogens (tertiary/aromatic N) is 3. The van der Waals surface area contributed by atoms with E-state index in [2.05, 4.69) is 15.5 Å². The minimum absolute atomic E-state index is 0.133. The summed E-state index contributed by atoms with van der Waals surface area (Å²) in [5.74, 6) is -0.213. The second-order valence-corrected chi connectivity index (χ2v) is 10.2. The molecule has 0 spiro atoms. The first kappa shape index (κ1) is 23.1. The van der Waals surface area contributed by atoms with Crippen molar-refractivity contribution in [2.75, 3.05) is 19.6 Å². The second kappa shape index (κ2) is 10.3. The number of carbonyl (C=O) groups is 1. The zero-order valence-corrected chi connectivity index (χ0v) is 19.4. The number of rotatable bonds is 7. The van der Waals surface area contributed by atoms with Crippen LogP contribution in [0.1, 0.15) is 54.8 Å². The molecule has 33 heavy (non-hydrogen) atoms. The maximum Gasteiger partial charge on any atom is 0.316 e. The Bertz CT molecular complexity index is 1170. The molecule has 3 aromatic rings. The van der Waals surface area contributed by atoms with Gasteiger partial charge in [-0.05, 0) is 48.6 Å². The summed E-state index contributed by atoms with van der Waals surface area (Å²) in [5, 5.41) is 6.69. The molecule has 1 atom stereocenters. The minimum atomic E-state index is -3.53. The standard InChI is InChI=1S/C24H28N4O4S/c1-18(19-9-5-4-6-10-19)17-25-23(29)24-26-22(27-32-24)20-11-13-21(14-12-20)33(30,31)28-15-7-2-3-8-16-28/h4-6,9-14,18H,2-3,7-8,15-17H2,1H3,(H,25,29)/t18-/m1/s1. The van der Waals surface area contributed by atoms with Crippen LogP contribution >= 0.6 is 0 Å². The van der Waals surface area contributed by atoms with Crippen LogP contribution in [0.4, 0.5) is 0 Å². The Morgan fingerprint density at radius 2 is 1.70 bits per heavy atom. The molecular formula is C24H28N4O4S. The van der Waals surface area contributed by atoms with Crippen LogP contribution < -0.4 is 5.32 Å². The Labute approximate surface area is 194 Å². The number of nitrogens with one attached hydrogen (secondary N) is 1. The second-order valence-electron chi connectivity index (χ2n) is 8.29. The van der Waals surface area contributed by atoms with Crippen molar-refractivity contribution < 1.29 is 17.7 Å². The van der Waals surface area contributed by atoms with Crippen LogP contribution in [0.3, 0.4) is 0 Å². The molecular weight excluding hydrogens is 440 g/mol. The molecule has 2 heterocycles. The molecule has 1 fully saturated rings. The van der Waals surface area contributed by atoms with E-state index in [9.17, 15) is 13.2 Å². The van der Waals surface area contributed by atoms with E-state index in [1.165, 1.54) is 0 Å². The van der Waals surface area contributed by atoms with Crippen LogP contribution in [-0.2, 0) is 10.0 Å². The molecule has 8 nitrogen and oxygen atoms in total. The van der Waals surface area contributed by atoms with Crippen LogP contribution in [0.25, 0.3) is 11.4 Å². The van der Waals surface area contributed by atoms with Crippen molar-refractivity contribution in [2.24, 2.45) is 0 Å². The first-order valence-corrected chi connectivity index (χ1v) is 12.7. The molecule has 1 aliphatic heterocycles. The number of hydrogen-bond donors (Lipinski definition) is 1. The lowest BCUT2D eigenvalue weighted by Crippen LogP contribution is -2.31. The lowest BCUT2D eigenvalue weighted by atomic mass is 10.0. The highest BCUT2D eigenvalue weighted by molar-refractivity contribution is 7.89. The highest BCUT2D eigenvalue weighted by Gasteiger charge is 2.25. The summed E-state index contributed by atoms with van der Waals surface area (Å²) in [4.78, 5) is 16.8. The number of hydrogen-bond acceptors (Lipinski definition) is 6. The van der Waals surface area contributed by atoms with E-state index < -0.39 is 15.9 Å². The van der Waals surface area contributed by atoms with Gasteiger partial charge in [0.15, 0.2) is 0 Å². The molecule has 0 saturated carbocycles. The summed E-state index contributed by atoms with van der Waals surface area (Å²) in [6.07, 6.45) is 3.89. The third kappa shape index (κ3) is 5.48. The maximum atomic E-state index is 12.9. The van der Waals surface area contributed by atoms with Crippen molar-refractivity contribution in [1.29, 1.82) is 0 Å². The average Bonchev–Trinajstić information content (AvgIpc) is 3.17. The van der Waals surface area contributed by atoms with E-state index in [-0.39, 0.29) is 22.5 Å². The predicted octanol–water partition coefficient (Wildman–Crippen LogP) is 3.83. The van der Waals surface area contributed by atoms with Gasteiger partial charge in [-0.2, -0.15) is 9.29 Å². The molecule has 0 radical (unpaired) electrons. The van der Waals surface area contributed by atoms with Gasteiger partial charge in [0.2, 0.25) is 15.8 Å². The summed E-state index contributed by atoms with van der Waals surface area (Å²) in [6, 6.07) is 16.3. The molecule has 0 aliphatic carbocycles. The molecule has 0 bridgehead atoms. The van der Waals surface area contributed by atoms with E-state index in [0.717, 1.165) is 31.2 Å². The van der Waals surface area contributed by atoms with Crippen LogP contribution in [0.15, 0.2) is 64.0 Å². The third-order valence-corrected chi connectivity index (χ3v) is 7.79. The molecule has 0 unspecified atom stereocenters. The SMILES string of the molecule is C[C@H](CNC(=O)c1nc(-c2ccc(S(=O)(=O)N3CCCCCC3)cc2)no1)c1ccccc1. The molecule has 1 saturated heterocycles. The van der Waals surface area contributed by atoms with E-state index in [4.69, 9.17) is 4.52 Å². The zero-order valence-electron chi connectivity index (χ0n) is 18.6. The fourth-order valence-corrected chi connectivity index (χ4v) is 5.38. The minimum Gasteiger partial charge on any atom is -0.347 e. The van der Waals surface area contributed by atoms with Crippen LogP contribution in [0, 0.1) is 0 Å². The molecule has 174 valence electrons. The van der Waals surface area contributed by atoms with Gasteiger partial charge in [0.1, 0.15) is 0 Å². The van der Waals surface area contributed by atoms with Gasteiger partial charge in [-0.25, -0.2) is 8.42 Å². The van der Waals surface area contributed by atoms with Crippen molar-refractivity contribution in [2.45, 2.75) is 43.4 Å². The lowest BCUT2D eigenvalue weighted by Gasteiger charge is -2.19. The fraction of sp³-hybridized carbons (Fsp3) is 0.375. The Balaban J connectivity index is 1.40. The normalized spacial score (nSPS) is 16.2. The summed E-state index contributed by atoms with van der Waals surface area (Å²) >= 11 is 0. The smallest absolute Gasteiger partial charge is 0.316 e. The number of sulfonamides is 1. The van der Waals surface area contributed by atoms with Crippen LogP contribution in [0.5, 0.6) is 0 Å². The quantitative estimate of drug-likeness (QED) is 0.565. The van der Waals surface area contributed by atoms with Gasteiger partial charge >= 0.3 is 11.8 Å². The average molecular weight is 469 g/mol. The van der Waals surface area contributed by atoms with Gasteiger partial charge in [0.05, 0.1) is 4.90 Å². The van der Waals surface area contributed by atoms with Gasteiger partial charge < -0.3 is 9.84 Å². The summed E-state index contributed by atoms with van der Waals surface area (Å²) in [5.41, 5.74) is 1.70. The first-order valence-electron chi connectivity index (χ1n) is 11.2. The molecule has 2 aromatic carbocycles. The molecule has 1 amide bonds. The van der Waals surface area contributed by atoms with Gasteiger partial charge in [-0.3, -0.25) is 4.79 Å². The van der Waals surface area contributed by atoms with E-state index in [1.807, 2.05) is 37.3 Å². The first-order chi connectivity index (χ1) is 15.9. The number of benzene rings is 2. The predicted molar refractivity (Wildman–Crippen MR) is 124 cm³/mol. The molecule has 1 aliphatic rings. The highest BCUT2D eigenvalue weighted by Crippen LogP contribution is 2.23.